The van der Waals surface area contributed by atoms with Crippen molar-refractivity contribution in [3.05, 3.63) is 35.9 Å². The molecule has 0 fully saturated rings. The Balaban J connectivity index is 0.00000869. The molecule has 0 saturated heterocycles. The Hall–Kier alpha value is -1.63. The van der Waals surface area contributed by atoms with E-state index in [1.54, 1.807) is 41.5 Å². The molecule has 308 valence electrons. The second kappa shape index (κ2) is 26.3. The lowest BCUT2D eigenvalue weighted by molar-refractivity contribution is -0.183. The van der Waals surface area contributed by atoms with Crippen LogP contribution in [-0.4, -0.2) is 78.6 Å². The van der Waals surface area contributed by atoms with E-state index in [1.807, 2.05) is 37.3 Å². The van der Waals surface area contributed by atoms with Gasteiger partial charge in [0.15, 0.2) is 11.4 Å². The van der Waals surface area contributed by atoms with E-state index in [2.05, 4.69) is 45.6 Å². The smallest absolute Gasteiger partial charge is 0.337 e. The molecule has 1 aromatic rings. The molecule has 9 nitrogen and oxygen atoms in total. The molecule has 53 heavy (non-hydrogen) atoms. The van der Waals surface area contributed by atoms with E-state index in [0.717, 1.165) is 36.5 Å². The average molecular weight is 786 g/mol. The zero-order valence-electron chi connectivity index (χ0n) is 34.9. The van der Waals surface area contributed by atoms with Crippen LogP contribution in [0.15, 0.2) is 30.3 Å². The van der Waals surface area contributed by atoms with Crippen molar-refractivity contribution in [2.75, 3.05) is 45.3 Å². The van der Waals surface area contributed by atoms with E-state index in [4.69, 9.17) is 36.7 Å². The lowest BCUT2D eigenvalue weighted by Gasteiger charge is -2.41. The van der Waals surface area contributed by atoms with E-state index >= 15 is 0 Å². The van der Waals surface area contributed by atoms with Gasteiger partial charge in [-0.05, 0) is 77.0 Å². The maximum atomic E-state index is 13.7. The van der Waals surface area contributed by atoms with Crippen LogP contribution in [0, 0.1) is 28.6 Å². The van der Waals surface area contributed by atoms with E-state index in [1.165, 1.54) is 25.7 Å². The molecule has 0 aliphatic rings. The van der Waals surface area contributed by atoms with E-state index in [9.17, 15) is 14.4 Å². The number of hydrogen-bond acceptors (Lipinski definition) is 11. The Morgan fingerprint density at radius 1 is 0.792 bits per heavy atom. The van der Waals surface area contributed by atoms with Gasteiger partial charge < -0.3 is 29.4 Å². The van der Waals surface area contributed by atoms with Gasteiger partial charge in [-0.15, -0.1) is 12.6 Å². The summed E-state index contributed by atoms with van der Waals surface area (Å²) in [5.41, 5.74) is -2.83. The van der Waals surface area contributed by atoms with Crippen LogP contribution in [0.25, 0.3) is 0 Å². The number of esters is 2. The van der Waals surface area contributed by atoms with Gasteiger partial charge in [-0.25, -0.2) is 4.79 Å². The van der Waals surface area contributed by atoms with Gasteiger partial charge in [0.05, 0.1) is 38.4 Å². The second-order valence-electron chi connectivity index (χ2n) is 16.3. The monoisotopic (exact) mass is 785 g/mol. The number of Topliss-reactive ketones (excluding diaryl/α,β-unsaturated/α-hetero) is 1. The minimum atomic E-state index is -1.39. The van der Waals surface area contributed by atoms with Crippen LogP contribution in [0.3, 0.4) is 0 Å². The predicted octanol–water partition coefficient (Wildman–Crippen LogP) is 8.51. The van der Waals surface area contributed by atoms with Crippen molar-refractivity contribution < 1.29 is 38.4 Å². The summed E-state index contributed by atoms with van der Waals surface area (Å²) >= 11 is 8.51. The van der Waals surface area contributed by atoms with Gasteiger partial charge in [-0.3, -0.25) is 9.59 Å². The van der Waals surface area contributed by atoms with E-state index in [0.29, 0.717) is 11.8 Å². The average Bonchev–Trinajstić information content (AvgIpc) is 3.09. The number of ketones is 1. The molecule has 0 heterocycles. The Morgan fingerprint density at radius 2 is 1.34 bits per heavy atom. The van der Waals surface area contributed by atoms with Crippen molar-refractivity contribution in [3.8, 4) is 0 Å². The zero-order chi connectivity index (χ0) is 40.7. The molecule has 0 aromatic heterocycles. The van der Waals surface area contributed by atoms with E-state index in [-0.39, 0.29) is 51.9 Å². The Kier molecular flexibility index (Phi) is 25.5. The van der Waals surface area contributed by atoms with Crippen LogP contribution in [0.1, 0.15) is 127 Å². The normalized spacial score (nSPS) is 15.4. The number of aliphatic hydroxyl groups excluding tert-OH is 1. The Morgan fingerprint density at radius 3 is 1.89 bits per heavy atom. The highest BCUT2D eigenvalue weighted by Gasteiger charge is 2.48. The lowest BCUT2D eigenvalue weighted by Crippen LogP contribution is -2.51. The number of carbonyl (C=O) groups is 3. The van der Waals surface area contributed by atoms with Gasteiger partial charge >= 0.3 is 11.9 Å². The quantitative estimate of drug-likeness (QED) is 0.0301. The molecule has 1 aromatic carbocycles. The molecule has 0 bridgehead atoms. The van der Waals surface area contributed by atoms with Crippen molar-refractivity contribution >= 4 is 43.0 Å². The van der Waals surface area contributed by atoms with Crippen LogP contribution < -0.4 is 5.32 Å². The van der Waals surface area contributed by atoms with Gasteiger partial charge in [-0.1, -0.05) is 103 Å². The predicted molar refractivity (Wildman–Crippen MR) is 222 cm³/mol. The summed E-state index contributed by atoms with van der Waals surface area (Å²) in [4.78, 5) is 38.7. The van der Waals surface area contributed by atoms with Gasteiger partial charge in [0.25, 0.3) is 0 Å². The van der Waals surface area contributed by atoms with Crippen LogP contribution >= 0.6 is 25.3 Å². The zero-order valence-corrected chi connectivity index (χ0v) is 36.7. The highest BCUT2D eigenvalue weighted by atomic mass is 32.1. The first-order valence-electron chi connectivity index (χ1n) is 19.5. The topological polar surface area (TPSA) is 120 Å². The van der Waals surface area contributed by atoms with Crippen molar-refractivity contribution in [3.63, 3.8) is 0 Å². The molecule has 0 amide bonds. The molecular weight excluding hydrogens is 711 g/mol. The van der Waals surface area contributed by atoms with Gasteiger partial charge in [0.2, 0.25) is 0 Å². The molecule has 0 radical (unpaired) electrons. The molecule has 0 saturated carbocycles. The summed E-state index contributed by atoms with van der Waals surface area (Å²) < 4.78 is 23.6. The number of ether oxygens (including phenoxy) is 4. The molecule has 2 N–H and O–H groups in total. The summed E-state index contributed by atoms with van der Waals surface area (Å²) in [6.07, 6.45) is 7.96. The third-order valence-corrected chi connectivity index (χ3v) is 10.5. The molecule has 0 aliphatic carbocycles. The molecule has 4 atom stereocenters. The third-order valence-electron chi connectivity index (χ3n) is 9.77. The third kappa shape index (κ3) is 20.7. The summed E-state index contributed by atoms with van der Waals surface area (Å²) in [5.74, 6) is 1.44. The maximum absolute atomic E-state index is 13.7. The fourth-order valence-electron chi connectivity index (χ4n) is 5.20. The van der Waals surface area contributed by atoms with Crippen molar-refractivity contribution in [2.45, 2.75) is 138 Å². The first-order chi connectivity index (χ1) is 24.7. The number of carbonyl (C=O) groups excluding carboxylic acids is 3. The first kappa shape index (κ1) is 51.4. The summed E-state index contributed by atoms with van der Waals surface area (Å²) in [5, 5.41) is 12.0. The minimum absolute atomic E-state index is 0.0251. The number of nitrogens with one attached hydrogen (secondary N) is 1. The first-order valence-corrected chi connectivity index (χ1v) is 20.6. The number of aliphatic hydroxyl groups is 1. The van der Waals surface area contributed by atoms with Crippen LogP contribution in [0.2, 0.25) is 0 Å². The van der Waals surface area contributed by atoms with Gasteiger partial charge in [0, 0.05) is 6.54 Å². The van der Waals surface area contributed by atoms with Crippen LogP contribution in [0.5, 0.6) is 0 Å². The minimum Gasteiger partial charge on any atom is -0.465 e. The van der Waals surface area contributed by atoms with Crippen LogP contribution in [-0.2, 0) is 39.9 Å². The number of thiol groups is 2. The number of rotatable bonds is 27. The molecule has 0 aliphatic heterocycles. The van der Waals surface area contributed by atoms with Crippen molar-refractivity contribution in [1.82, 2.24) is 5.32 Å². The second-order valence-corrected chi connectivity index (χ2v) is 17.8. The summed E-state index contributed by atoms with van der Waals surface area (Å²) in [7, 11) is 0. The summed E-state index contributed by atoms with van der Waals surface area (Å²) in [6.45, 7) is 21.2. The standard InChI is InChI=1S/C40H69NO8S.C2H6S/c1-30(2)16-14-17-31(3)18-15-19-32(4)22-25-46-36(45)39(9,29-49-40(10,50)37(5,6)34(43)26-41-23-24-42)28-47-35(44)38(7,8)48-27-33-20-12-11-13-21-33;1-2-3/h11-13,20-21,30-32,41-42,50H,14-19,22-29H2,1-10H3;3H,2H2,1H3. The Bertz CT molecular complexity index is 1160. The summed E-state index contributed by atoms with van der Waals surface area (Å²) in [6, 6.07) is 9.52. The number of hydrogen-bond donors (Lipinski definition) is 4. The van der Waals surface area contributed by atoms with Gasteiger partial charge in [0.1, 0.15) is 17.0 Å². The van der Waals surface area contributed by atoms with Crippen molar-refractivity contribution in [2.24, 2.45) is 28.6 Å². The highest BCUT2D eigenvalue weighted by molar-refractivity contribution is 7.81. The molecular formula is C42H75NO8S2. The van der Waals surface area contributed by atoms with Crippen LogP contribution in [0.4, 0.5) is 0 Å². The molecule has 4 unspecified atom stereocenters. The number of benzene rings is 1. The highest BCUT2D eigenvalue weighted by Crippen LogP contribution is 2.40. The van der Waals surface area contributed by atoms with Gasteiger partial charge in [-0.2, -0.15) is 12.6 Å². The fourth-order valence-corrected chi connectivity index (χ4v) is 5.39. The largest absolute Gasteiger partial charge is 0.465 e. The van der Waals surface area contributed by atoms with Crippen molar-refractivity contribution in [1.29, 1.82) is 0 Å². The fraction of sp³-hybridized carbons (Fsp3) is 0.786. The molecule has 1 rings (SSSR count). The maximum Gasteiger partial charge on any atom is 0.337 e. The molecule has 0 spiro atoms. The SMILES string of the molecule is CC(C)CCCC(C)CCCC(C)CCOC(=O)C(C)(COC(=O)C(C)(C)OCc1ccccc1)COC(C)(S)C(C)(C)C(=O)CNCCO.CCS. The van der Waals surface area contributed by atoms with E-state index < -0.39 is 33.3 Å². The molecule has 11 heteroatoms. The lowest BCUT2D eigenvalue weighted by atomic mass is 9.81. The Labute approximate surface area is 333 Å².